The van der Waals surface area contributed by atoms with Crippen LogP contribution in [0.5, 0.6) is 0 Å². The van der Waals surface area contributed by atoms with E-state index >= 15 is 0 Å². The summed E-state index contributed by atoms with van der Waals surface area (Å²) >= 11 is 0. The van der Waals surface area contributed by atoms with Crippen molar-refractivity contribution >= 4 is 9.84 Å². The number of rotatable bonds is 6. The van der Waals surface area contributed by atoms with Gasteiger partial charge < -0.3 is 5.10 Å². The average Bonchev–Trinajstić information content (AvgIpc) is 2.82. The third-order valence-electron chi connectivity index (χ3n) is 3.16. The number of unbranched alkanes of at least 4 members (excludes halogenated alkanes) is 2. The van der Waals surface area contributed by atoms with Gasteiger partial charge in [0.25, 0.3) is 5.56 Å². The molecule has 0 aliphatic carbocycles. The molecule has 0 bridgehead atoms. The lowest BCUT2D eigenvalue weighted by Gasteiger charge is -2.04. The van der Waals surface area contributed by atoms with Crippen LogP contribution in [0.15, 0.2) is 44.9 Å². The molecule has 20 heavy (non-hydrogen) atoms. The van der Waals surface area contributed by atoms with E-state index < -0.39 is 15.4 Å². The van der Waals surface area contributed by atoms with Crippen molar-refractivity contribution in [3.63, 3.8) is 0 Å². The summed E-state index contributed by atoms with van der Waals surface area (Å²) in [5.74, 6) is 0. The summed E-state index contributed by atoms with van der Waals surface area (Å²) in [6.45, 7) is 2.07. The van der Waals surface area contributed by atoms with Crippen LogP contribution in [0.1, 0.15) is 31.9 Å². The lowest BCUT2D eigenvalue weighted by Crippen LogP contribution is -2.14. The van der Waals surface area contributed by atoms with Gasteiger partial charge in [0.05, 0.1) is 10.6 Å². The topological polar surface area (TPSA) is 82.8 Å². The van der Waals surface area contributed by atoms with Crippen LogP contribution >= 0.6 is 0 Å². The van der Waals surface area contributed by atoms with Crippen molar-refractivity contribution in [2.75, 3.05) is 0 Å². The smallest absolute Gasteiger partial charge is 0.283 e. The minimum Gasteiger partial charge on any atom is -0.301 e. The van der Waals surface area contributed by atoms with Crippen LogP contribution in [-0.2, 0) is 16.3 Å². The quantitative estimate of drug-likeness (QED) is 0.802. The Labute approximate surface area is 117 Å². The fourth-order valence-corrected chi connectivity index (χ4v) is 3.64. The van der Waals surface area contributed by atoms with Gasteiger partial charge in [0, 0.05) is 0 Å². The van der Waals surface area contributed by atoms with E-state index in [2.05, 4.69) is 17.1 Å². The highest BCUT2D eigenvalue weighted by Gasteiger charge is 2.26. The zero-order chi connectivity index (χ0) is 14.6. The van der Waals surface area contributed by atoms with Gasteiger partial charge in [-0.3, -0.25) is 9.89 Å². The minimum absolute atomic E-state index is 0.141. The SMILES string of the molecule is CCCCCc1[nH][nH]c(=O)c1S(=O)(=O)c1ccccc1. The molecule has 0 saturated heterocycles. The molecule has 0 radical (unpaired) electrons. The fourth-order valence-electron chi connectivity index (χ4n) is 2.11. The molecule has 1 aromatic carbocycles. The first-order valence-electron chi connectivity index (χ1n) is 6.67. The molecule has 1 aromatic heterocycles. The van der Waals surface area contributed by atoms with Crippen molar-refractivity contribution in [2.24, 2.45) is 0 Å². The summed E-state index contributed by atoms with van der Waals surface area (Å²) in [6.07, 6.45) is 3.43. The van der Waals surface area contributed by atoms with Crippen molar-refractivity contribution in [3.05, 3.63) is 46.4 Å². The molecule has 1 heterocycles. The number of aryl methyl sites for hydroxylation is 1. The summed E-state index contributed by atoms with van der Waals surface area (Å²) in [4.78, 5) is 11.8. The number of nitrogens with one attached hydrogen (secondary N) is 2. The average molecular weight is 294 g/mol. The lowest BCUT2D eigenvalue weighted by molar-refractivity contribution is 0.593. The first-order chi connectivity index (χ1) is 9.57. The van der Waals surface area contributed by atoms with Crippen molar-refractivity contribution in [2.45, 2.75) is 42.4 Å². The number of aromatic nitrogens is 2. The summed E-state index contributed by atoms with van der Waals surface area (Å²) in [6, 6.07) is 8.02. The molecule has 0 atom stereocenters. The van der Waals surface area contributed by atoms with Crippen LogP contribution in [-0.4, -0.2) is 18.6 Å². The van der Waals surface area contributed by atoms with E-state index in [9.17, 15) is 13.2 Å². The molecule has 2 N–H and O–H groups in total. The summed E-state index contributed by atoms with van der Waals surface area (Å²) in [7, 11) is -3.77. The second kappa shape index (κ2) is 6.09. The van der Waals surface area contributed by atoms with E-state index in [1.165, 1.54) is 12.1 Å². The monoisotopic (exact) mass is 294 g/mol. The van der Waals surface area contributed by atoms with Crippen LogP contribution < -0.4 is 5.56 Å². The van der Waals surface area contributed by atoms with Crippen LogP contribution in [0, 0.1) is 0 Å². The Morgan fingerprint density at radius 3 is 2.40 bits per heavy atom. The van der Waals surface area contributed by atoms with Crippen LogP contribution in [0.4, 0.5) is 0 Å². The number of hydrogen-bond acceptors (Lipinski definition) is 3. The molecule has 5 nitrogen and oxygen atoms in total. The summed E-state index contributed by atoms with van der Waals surface area (Å²) < 4.78 is 25.1. The number of H-pyrrole nitrogens is 2. The Balaban J connectivity index is 2.42. The van der Waals surface area contributed by atoms with Crippen molar-refractivity contribution < 1.29 is 8.42 Å². The third kappa shape index (κ3) is 2.85. The molecule has 2 rings (SSSR count). The summed E-state index contributed by atoms with van der Waals surface area (Å²) in [5, 5.41) is 5.07. The molecular weight excluding hydrogens is 276 g/mol. The Kier molecular flexibility index (Phi) is 4.44. The molecule has 0 spiro atoms. The zero-order valence-corrected chi connectivity index (χ0v) is 12.2. The molecule has 0 fully saturated rings. The van der Waals surface area contributed by atoms with Gasteiger partial charge >= 0.3 is 0 Å². The van der Waals surface area contributed by atoms with E-state index in [-0.39, 0.29) is 9.79 Å². The maximum atomic E-state index is 12.5. The molecule has 6 heteroatoms. The van der Waals surface area contributed by atoms with Crippen molar-refractivity contribution in [3.8, 4) is 0 Å². The standard InChI is InChI=1S/C14H18N2O3S/c1-2-3-5-10-12-13(14(17)16-15-12)20(18,19)11-8-6-4-7-9-11/h4,6-9H,2-3,5,10H2,1H3,(H2,15,16,17). The van der Waals surface area contributed by atoms with Crippen molar-refractivity contribution in [1.82, 2.24) is 10.2 Å². The van der Waals surface area contributed by atoms with E-state index in [1.54, 1.807) is 18.2 Å². The lowest BCUT2D eigenvalue weighted by atomic mass is 10.2. The number of sulfone groups is 1. The van der Waals surface area contributed by atoms with Crippen LogP contribution in [0.2, 0.25) is 0 Å². The number of hydrogen-bond donors (Lipinski definition) is 2. The minimum atomic E-state index is -3.77. The largest absolute Gasteiger partial charge is 0.301 e. The first-order valence-corrected chi connectivity index (χ1v) is 8.15. The first kappa shape index (κ1) is 14.6. The zero-order valence-electron chi connectivity index (χ0n) is 11.3. The number of benzene rings is 1. The predicted octanol–water partition coefficient (Wildman–Crippen LogP) is 2.27. The van der Waals surface area contributed by atoms with E-state index in [0.717, 1.165) is 19.3 Å². The second-order valence-corrected chi connectivity index (χ2v) is 6.55. The van der Waals surface area contributed by atoms with Crippen LogP contribution in [0.25, 0.3) is 0 Å². The summed E-state index contributed by atoms with van der Waals surface area (Å²) in [5.41, 5.74) is -0.118. The fraction of sp³-hybridized carbons (Fsp3) is 0.357. The highest BCUT2D eigenvalue weighted by atomic mass is 32.2. The van der Waals surface area contributed by atoms with Gasteiger partial charge in [-0.25, -0.2) is 8.42 Å². The molecule has 2 aromatic rings. The maximum absolute atomic E-state index is 12.5. The Bertz CT molecular complexity index is 714. The Morgan fingerprint density at radius 2 is 1.75 bits per heavy atom. The predicted molar refractivity (Wildman–Crippen MR) is 76.5 cm³/mol. The Hall–Kier alpha value is -1.82. The highest BCUT2D eigenvalue weighted by molar-refractivity contribution is 7.91. The molecule has 0 unspecified atom stereocenters. The van der Waals surface area contributed by atoms with Gasteiger partial charge in [0.2, 0.25) is 9.84 Å². The molecular formula is C14H18N2O3S. The van der Waals surface area contributed by atoms with E-state index in [0.29, 0.717) is 12.1 Å². The molecule has 0 amide bonds. The van der Waals surface area contributed by atoms with Crippen molar-refractivity contribution in [1.29, 1.82) is 0 Å². The highest BCUT2D eigenvalue weighted by Crippen LogP contribution is 2.21. The normalized spacial score (nSPS) is 11.7. The molecule has 108 valence electrons. The van der Waals surface area contributed by atoms with Gasteiger partial charge in [-0.2, -0.15) is 0 Å². The van der Waals surface area contributed by atoms with Crippen LogP contribution in [0.3, 0.4) is 0 Å². The van der Waals surface area contributed by atoms with Gasteiger partial charge in [0.1, 0.15) is 0 Å². The van der Waals surface area contributed by atoms with Gasteiger partial charge in [-0.05, 0) is 25.0 Å². The molecule has 0 aliphatic heterocycles. The maximum Gasteiger partial charge on any atom is 0.283 e. The second-order valence-electron chi connectivity index (χ2n) is 4.66. The van der Waals surface area contributed by atoms with Gasteiger partial charge in [-0.1, -0.05) is 38.0 Å². The van der Waals surface area contributed by atoms with Gasteiger partial charge in [0.15, 0.2) is 4.90 Å². The molecule has 0 saturated carbocycles. The number of aromatic amines is 2. The van der Waals surface area contributed by atoms with E-state index in [4.69, 9.17) is 0 Å². The molecule has 0 aliphatic rings. The Morgan fingerprint density at radius 1 is 1.05 bits per heavy atom. The van der Waals surface area contributed by atoms with E-state index in [1.807, 2.05) is 0 Å². The third-order valence-corrected chi connectivity index (χ3v) is 5.02. The van der Waals surface area contributed by atoms with Gasteiger partial charge in [-0.15, -0.1) is 0 Å².